The molecule has 2 aromatic rings. The minimum Gasteiger partial charge on any atom is -0.345 e. The third kappa shape index (κ3) is 2.97. The van der Waals surface area contributed by atoms with Gasteiger partial charge in [-0.2, -0.15) is 19.6 Å². The largest absolute Gasteiger partial charge is 0.345 e. The molecule has 0 saturated heterocycles. The van der Waals surface area contributed by atoms with Gasteiger partial charge in [0.15, 0.2) is 0 Å². The zero-order valence-corrected chi connectivity index (χ0v) is 15.3. The summed E-state index contributed by atoms with van der Waals surface area (Å²) < 4.78 is 2.54. The van der Waals surface area contributed by atoms with Crippen LogP contribution in [0.5, 0.6) is 0 Å². The smallest absolute Gasteiger partial charge is 0.344 e. The van der Waals surface area contributed by atoms with Gasteiger partial charge in [0.05, 0.1) is 22.8 Å². The van der Waals surface area contributed by atoms with Crippen molar-refractivity contribution in [1.82, 2.24) is 29.9 Å². The average Bonchev–Trinajstić information content (AvgIpc) is 3.23. The molecule has 27 heavy (non-hydrogen) atoms. The molecular weight excluding hydrogens is 368 g/mol. The maximum absolute atomic E-state index is 12.7. The molecule has 8 nitrogen and oxygen atoms in total. The highest BCUT2D eigenvalue weighted by Crippen LogP contribution is 2.26. The Kier molecular flexibility index (Phi) is 4.41. The van der Waals surface area contributed by atoms with Crippen LogP contribution in [0.1, 0.15) is 19.8 Å². The molecule has 0 radical (unpaired) electrons. The normalized spacial score (nSPS) is 11.3. The van der Waals surface area contributed by atoms with Gasteiger partial charge in [0.2, 0.25) is 0 Å². The van der Waals surface area contributed by atoms with E-state index in [2.05, 4.69) is 27.4 Å². The number of aromatic nitrogens is 5. The lowest BCUT2D eigenvalue weighted by Gasteiger charge is -2.05. The van der Waals surface area contributed by atoms with E-state index in [1.54, 1.807) is 30.5 Å². The summed E-state index contributed by atoms with van der Waals surface area (Å²) in [7, 11) is 0. The van der Waals surface area contributed by atoms with Crippen LogP contribution in [0.4, 0.5) is 4.79 Å². The number of amides is 1. The molecular formula is C18H17ClN6O2. The Morgan fingerprint density at radius 1 is 1.37 bits per heavy atom. The minimum atomic E-state index is -0.328. The van der Waals surface area contributed by atoms with Crippen molar-refractivity contribution in [3.05, 3.63) is 52.0 Å². The van der Waals surface area contributed by atoms with Crippen molar-refractivity contribution in [1.29, 1.82) is 0 Å². The summed E-state index contributed by atoms with van der Waals surface area (Å²) in [5.74, 6) is 0. The van der Waals surface area contributed by atoms with Crippen LogP contribution in [-0.4, -0.2) is 37.1 Å². The van der Waals surface area contributed by atoms with E-state index >= 15 is 0 Å². The van der Waals surface area contributed by atoms with Crippen molar-refractivity contribution in [2.45, 2.75) is 19.8 Å². The number of rotatable bonds is 4. The SMILES string of the molecule is CCCCNC(=O)n1ncc2c3nn(-c4cccc(Cl)c4)c(=O)c-3c[nH]c21. The summed E-state index contributed by atoms with van der Waals surface area (Å²) in [6.07, 6.45) is 4.95. The number of H-pyrrole nitrogens is 1. The third-order valence-corrected chi connectivity index (χ3v) is 4.54. The average molecular weight is 385 g/mol. The quantitative estimate of drug-likeness (QED) is 0.528. The molecule has 3 heterocycles. The summed E-state index contributed by atoms with van der Waals surface area (Å²) in [5, 5.41) is 12.5. The first kappa shape index (κ1) is 17.3. The number of carbonyl (C=O) groups excluding carboxylic acids is 1. The molecule has 1 aromatic heterocycles. The Morgan fingerprint density at radius 2 is 2.22 bits per heavy atom. The van der Waals surface area contributed by atoms with Gasteiger partial charge < -0.3 is 10.3 Å². The van der Waals surface area contributed by atoms with E-state index in [1.165, 1.54) is 15.6 Å². The monoisotopic (exact) mass is 384 g/mol. The fourth-order valence-electron chi connectivity index (χ4n) is 2.93. The number of nitrogens with zero attached hydrogens (tertiary/aromatic N) is 4. The van der Waals surface area contributed by atoms with E-state index in [-0.39, 0.29) is 11.6 Å². The van der Waals surface area contributed by atoms with Crippen molar-refractivity contribution in [3.63, 3.8) is 0 Å². The number of hydrogen-bond acceptors (Lipinski definition) is 4. The molecule has 2 aliphatic rings. The van der Waals surface area contributed by atoms with Crippen LogP contribution in [0.15, 0.2) is 41.5 Å². The third-order valence-electron chi connectivity index (χ3n) is 4.31. The Morgan fingerprint density at radius 3 is 3.00 bits per heavy atom. The predicted molar refractivity (Wildman–Crippen MR) is 103 cm³/mol. The van der Waals surface area contributed by atoms with Crippen molar-refractivity contribution < 1.29 is 4.79 Å². The molecule has 0 saturated carbocycles. The molecule has 9 heteroatoms. The Labute approximate surface area is 159 Å². The van der Waals surface area contributed by atoms with Gasteiger partial charge in [-0.3, -0.25) is 4.79 Å². The summed E-state index contributed by atoms with van der Waals surface area (Å²) >= 11 is 6.02. The molecule has 1 aromatic carbocycles. The summed E-state index contributed by atoms with van der Waals surface area (Å²) in [6.45, 7) is 2.63. The van der Waals surface area contributed by atoms with Gasteiger partial charge in [0.25, 0.3) is 5.56 Å². The molecule has 2 aliphatic heterocycles. The molecule has 0 aliphatic carbocycles. The number of hydrogen-bond donors (Lipinski definition) is 2. The van der Waals surface area contributed by atoms with Gasteiger partial charge in [-0.05, 0) is 24.6 Å². The first-order chi connectivity index (χ1) is 13.1. The van der Waals surface area contributed by atoms with Crippen LogP contribution >= 0.6 is 11.6 Å². The molecule has 4 rings (SSSR count). The summed E-state index contributed by atoms with van der Waals surface area (Å²) in [5.41, 5.74) is 1.66. The second-order valence-electron chi connectivity index (χ2n) is 6.15. The summed E-state index contributed by atoms with van der Waals surface area (Å²) in [4.78, 5) is 28.0. The highest BCUT2D eigenvalue weighted by Gasteiger charge is 2.22. The Balaban J connectivity index is 1.81. The molecule has 138 valence electrons. The highest BCUT2D eigenvalue weighted by molar-refractivity contribution is 6.30. The Bertz CT molecular complexity index is 1160. The molecule has 0 fully saturated rings. The molecule has 2 N–H and O–H groups in total. The fraction of sp³-hybridized carbons (Fsp3) is 0.222. The van der Waals surface area contributed by atoms with Crippen LogP contribution in [0.3, 0.4) is 0 Å². The topological polar surface area (TPSA) is 97.6 Å². The second-order valence-corrected chi connectivity index (χ2v) is 6.59. The number of fused-ring (bicyclic) bond motifs is 3. The van der Waals surface area contributed by atoms with E-state index in [1.807, 2.05) is 0 Å². The number of unbranched alkanes of at least 4 members (excludes halogenated alkanes) is 1. The highest BCUT2D eigenvalue weighted by atomic mass is 35.5. The Hall–Kier alpha value is -3.13. The van der Waals surface area contributed by atoms with Gasteiger partial charge in [-0.1, -0.05) is 31.0 Å². The van der Waals surface area contributed by atoms with Gasteiger partial charge in [0.1, 0.15) is 11.3 Å². The van der Waals surface area contributed by atoms with Crippen LogP contribution in [0.2, 0.25) is 5.02 Å². The molecule has 0 atom stereocenters. The number of aromatic amines is 1. The van der Waals surface area contributed by atoms with Crippen LogP contribution < -0.4 is 10.9 Å². The molecule has 1 amide bonds. The number of halogens is 1. The van der Waals surface area contributed by atoms with Crippen LogP contribution in [-0.2, 0) is 0 Å². The van der Waals surface area contributed by atoms with Crippen molar-refractivity contribution >= 4 is 28.7 Å². The van der Waals surface area contributed by atoms with Crippen LogP contribution in [0.25, 0.3) is 28.0 Å². The van der Waals surface area contributed by atoms with Gasteiger partial charge in [-0.15, -0.1) is 0 Å². The summed E-state index contributed by atoms with van der Waals surface area (Å²) in [6, 6.07) is 6.58. The van der Waals surface area contributed by atoms with E-state index in [0.29, 0.717) is 39.5 Å². The lowest BCUT2D eigenvalue weighted by atomic mass is 10.2. The standard InChI is InChI=1S/C18H17ClN6O2/c1-2-3-7-20-18(27)25-16-13(10-22-25)15-14(9-21-16)17(26)24(23-15)12-6-4-5-11(19)8-12/h4-6,8-10,21H,2-3,7H2,1H3,(H,20,27). The number of nitrogens with one attached hydrogen (secondary N) is 2. The maximum Gasteiger partial charge on any atom is 0.344 e. The van der Waals surface area contributed by atoms with Crippen molar-refractivity contribution in [3.8, 4) is 16.9 Å². The van der Waals surface area contributed by atoms with Gasteiger partial charge in [-0.25, -0.2) is 4.79 Å². The maximum atomic E-state index is 12.7. The zero-order chi connectivity index (χ0) is 19.0. The van der Waals surface area contributed by atoms with Gasteiger partial charge in [0, 0.05) is 17.8 Å². The molecule has 0 bridgehead atoms. The molecule has 0 unspecified atom stereocenters. The fourth-order valence-corrected chi connectivity index (χ4v) is 3.11. The van der Waals surface area contributed by atoms with E-state index in [0.717, 1.165) is 12.8 Å². The zero-order valence-electron chi connectivity index (χ0n) is 14.6. The first-order valence-corrected chi connectivity index (χ1v) is 9.00. The van der Waals surface area contributed by atoms with E-state index in [9.17, 15) is 9.59 Å². The number of carbonyl (C=O) groups is 1. The number of benzene rings is 1. The first-order valence-electron chi connectivity index (χ1n) is 8.62. The second kappa shape index (κ2) is 6.88. The predicted octanol–water partition coefficient (Wildman–Crippen LogP) is 3.03. The van der Waals surface area contributed by atoms with Crippen molar-refractivity contribution in [2.24, 2.45) is 0 Å². The lowest BCUT2D eigenvalue weighted by molar-refractivity contribution is 0.240. The molecule has 0 spiro atoms. The van der Waals surface area contributed by atoms with E-state index in [4.69, 9.17) is 11.6 Å². The van der Waals surface area contributed by atoms with Crippen LogP contribution in [0, 0.1) is 0 Å². The lowest BCUT2D eigenvalue weighted by Crippen LogP contribution is -2.30. The van der Waals surface area contributed by atoms with Gasteiger partial charge >= 0.3 is 6.03 Å². The number of pyridine rings is 1. The minimum absolute atomic E-state index is 0.273. The van der Waals surface area contributed by atoms with E-state index < -0.39 is 0 Å². The van der Waals surface area contributed by atoms with Crippen molar-refractivity contribution in [2.75, 3.05) is 6.54 Å².